The molecule has 1 aromatic carbocycles. The van der Waals surface area contributed by atoms with Crippen molar-refractivity contribution in [3.05, 3.63) is 71.6 Å². The first kappa shape index (κ1) is 59.2. The smallest absolute Gasteiger partial charge is 0.407 e. The molecule has 5 aliphatic rings. The monoisotopic (exact) mass is 1070 g/mol. The number of carbonyl (C=O) groups excluding carboxylic acids is 6. The minimum absolute atomic E-state index is 0.00894. The van der Waals surface area contributed by atoms with Gasteiger partial charge in [0.1, 0.15) is 54.2 Å². The number of hydrogen-bond donors (Lipinski definition) is 5. The van der Waals surface area contributed by atoms with Gasteiger partial charge in [0.25, 0.3) is 5.91 Å². The molecule has 2 aromatic rings. The highest BCUT2D eigenvalue weighted by Gasteiger charge is 2.59. The number of phenols is 1. The van der Waals surface area contributed by atoms with E-state index in [1.807, 2.05) is 13.2 Å². The zero-order valence-corrected chi connectivity index (χ0v) is 48.1. The van der Waals surface area contributed by atoms with Crippen molar-refractivity contribution in [3.8, 4) is 5.75 Å². The summed E-state index contributed by atoms with van der Waals surface area (Å²) in [6.07, 6.45) is 19.9. The van der Waals surface area contributed by atoms with Crippen LogP contribution in [0.4, 0.5) is 4.79 Å². The quantitative estimate of drug-likeness (QED) is 0.0351. The van der Waals surface area contributed by atoms with E-state index in [2.05, 4.69) is 62.0 Å². The number of alkyl carbamates (subject to hydrolysis) is 1. The first-order valence-corrected chi connectivity index (χ1v) is 29.3. The molecule has 12 atom stereocenters. The van der Waals surface area contributed by atoms with E-state index in [9.17, 15) is 33.9 Å². The molecule has 0 bridgehead atoms. The number of pyridine rings is 1. The third-order valence-corrected chi connectivity index (χ3v) is 18.5. The second-order valence-electron chi connectivity index (χ2n) is 25.7. The topological polar surface area (TPSA) is 196 Å². The predicted octanol–water partition coefficient (Wildman–Crippen LogP) is 9.19. The lowest BCUT2D eigenvalue weighted by molar-refractivity contribution is -0.671. The maximum atomic E-state index is 14.6. The molecule has 0 unspecified atom stereocenters. The molecule has 5 amide bonds. The van der Waals surface area contributed by atoms with Crippen molar-refractivity contribution in [2.75, 3.05) is 13.1 Å². The molecule has 4 fully saturated rings. The van der Waals surface area contributed by atoms with Crippen molar-refractivity contribution in [1.29, 1.82) is 0 Å². The van der Waals surface area contributed by atoms with Crippen LogP contribution in [0.25, 0.3) is 0 Å². The molecule has 0 spiro atoms. The fourth-order valence-electron chi connectivity index (χ4n) is 14.4. The molecule has 1 aliphatic heterocycles. The molecule has 3 saturated carbocycles. The number of nitrogens with one attached hydrogen (secondary N) is 4. The Morgan fingerprint density at radius 1 is 0.831 bits per heavy atom. The number of hydrogen-bond acceptors (Lipinski definition) is 9. The number of fused-ring (bicyclic) bond motifs is 5. The van der Waals surface area contributed by atoms with E-state index in [4.69, 9.17) is 9.47 Å². The molecule has 2 heterocycles. The molecule has 5 N–H and O–H groups in total. The Labute approximate surface area is 459 Å². The maximum absolute atomic E-state index is 14.6. The lowest BCUT2D eigenvalue weighted by atomic mass is 9.47. The number of rotatable bonds is 21. The second kappa shape index (κ2) is 25.5. The number of aromatic nitrogens is 1. The average molecular weight is 1070 g/mol. The van der Waals surface area contributed by atoms with Gasteiger partial charge >= 0.3 is 12.1 Å². The van der Waals surface area contributed by atoms with E-state index >= 15 is 0 Å². The van der Waals surface area contributed by atoms with Crippen molar-refractivity contribution in [2.45, 2.75) is 207 Å². The van der Waals surface area contributed by atoms with Gasteiger partial charge in [-0.2, -0.15) is 0 Å². The molecular weight excluding hydrogens is 973 g/mol. The summed E-state index contributed by atoms with van der Waals surface area (Å²) < 4.78 is 13.6. The molecule has 4 aliphatic carbocycles. The van der Waals surface area contributed by atoms with Gasteiger partial charge in [-0.1, -0.05) is 77.7 Å². The molecular formula is C62H93N6O9+. The largest absolute Gasteiger partial charge is 0.508 e. The van der Waals surface area contributed by atoms with Crippen LogP contribution in [0, 0.1) is 46.3 Å². The van der Waals surface area contributed by atoms with E-state index in [1.165, 1.54) is 74.5 Å². The summed E-state index contributed by atoms with van der Waals surface area (Å²) in [6, 6.07) is 5.62. The van der Waals surface area contributed by atoms with Crippen LogP contribution in [0.3, 0.4) is 0 Å². The normalized spacial score (nSPS) is 27.4. The first-order chi connectivity index (χ1) is 36.4. The zero-order chi connectivity index (χ0) is 55.8. The number of allylic oxidation sites excluding steroid dienone is 1. The van der Waals surface area contributed by atoms with Crippen LogP contribution in [0.15, 0.2) is 60.4 Å². The zero-order valence-electron chi connectivity index (χ0n) is 48.1. The third-order valence-electron chi connectivity index (χ3n) is 18.5. The SMILES string of the molecule is CC(C)CCC[C@@H](C)[C@H]1CC[C@H]2[C@@H]3CC=C4C[C@@H](OC(=O)[C@H](CCCCNC(=O)OC(C)(C)C)NC(=O)[C@H](Cc5ccc(O)cc5)NC(=O)[C@H](C)NC(=O)[C@@H]5CCCN5C(=O)c5ccc[n+](C)c5)CC[C@]4(C)[C@H]3CC[C@]12C. The van der Waals surface area contributed by atoms with Gasteiger partial charge in [-0.15, -0.1) is 0 Å². The summed E-state index contributed by atoms with van der Waals surface area (Å²) in [5.74, 6) is 1.78. The van der Waals surface area contributed by atoms with Crippen LogP contribution in [-0.4, -0.2) is 94.7 Å². The molecule has 1 saturated heterocycles. The molecule has 15 heteroatoms. The highest BCUT2D eigenvalue weighted by molar-refractivity contribution is 5.99. The van der Waals surface area contributed by atoms with Gasteiger partial charge < -0.3 is 40.7 Å². The number of amides is 5. The Bertz CT molecular complexity index is 2440. The minimum Gasteiger partial charge on any atom is -0.508 e. The Balaban J connectivity index is 1.02. The van der Waals surface area contributed by atoms with Gasteiger partial charge in [0.05, 0.1) is 0 Å². The Kier molecular flexibility index (Phi) is 19.6. The van der Waals surface area contributed by atoms with Gasteiger partial charge in [0, 0.05) is 32.0 Å². The molecule has 1 aromatic heterocycles. The molecule has 0 radical (unpaired) electrons. The van der Waals surface area contributed by atoms with Crippen molar-refractivity contribution in [3.63, 3.8) is 0 Å². The summed E-state index contributed by atoms with van der Waals surface area (Å²) in [6.45, 7) is 19.9. The Hall–Kier alpha value is -5.47. The fourth-order valence-corrected chi connectivity index (χ4v) is 14.4. The number of aryl methyl sites for hydroxylation is 1. The number of benzene rings is 1. The number of ether oxygens (including phenoxy) is 2. The van der Waals surface area contributed by atoms with E-state index in [0.717, 1.165) is 42.9 Å². The van der Waals surface area contributed by atoms with Gasteiger partial charge in [0.15, 0.2) is 12.4 Å². The summed E-state index contributed by atoms with van der Waals surface area (Å²) in [4.78, 5) is 84.4. The lowest BCUT2D eigenvalue weighted by Crippen LogP contribution is -2.57. The standard InChI is InChI=1S/C62H92N6O9/c1-39(2)16-13-17-40(3)48-27-28-49-47-26-23-44-37-46(29-31-61(44,8)50(47)30-32-62(48,49)9)76-58(74)51(19-11-12-33-63-59(75)77-60(5,6)7)65-55(71)52(36-42-21-24-45(69)25-22-42)66-54(70)41(4)64-56(72)53-20-15-35-68(53)57(73)43-18-14-34-67(10)38-43/h14,18,21-25,34,38-41,46-53H,11-13,15-17,19-20,26-33,35-37H2,1-10H3,(H4-,63,64,65,66,69,70,71,72,75)/p+1/t40-,41+,46+,47+,48-,49+,50+,51+,52+,53+,61+,62-/m1/s1. The number of aromatic hydroxyl groups is 1. The minimum atomic E-state index is -1.20. The number of unbranched alkanes of at least 4 members (excludes halogenated alkanes) is 1. The maximum Gasteiger partial charge on any atom is 0.407 e. The number of nitrogens with zero attached hydrogens (tertiary/aromatic N) is 2. The molecule has 15 nitrogen and oxygen atoms in total. The number of esters is 1. The van der Waals surface area contributed by atoms with Gasteiger partial charge in [-0.25, -0.2) is 14.2 Å². The number of phenolic OH excluding ortho intramolecular Hbond substituents is 1. The van der Waals surface area contributed by atoms with E-state index in [0.29, 0.717) is 73.6 Å². The van der Waals surface area contributed by atoms with Crippen LogP contribution < -0.4 is 25.8 Å². The predicted molar refractivity (Wildman–Crippen MR) is 296 cm³/mol. The van der Waals surface area contributed by atoms with Crippen molar-refractivity contribution in [1.82, 2.24) is 26.2 Å². The fraction of sp³-hybridized carbons (Fsp3) is 0.694. The van der Waals surface area contributed by atoms with Crippen molar-refractivity contribution < 1.29 is 47.9 Å². The molecule has 7 rings (SSSR count). The third kappa shape index (κ3) is 14.8. The molecule has 424 valence electrons. The summed E-state index contributed by atoms with van der Waals surface area (Å²) in [7, 11) is 1.82. The van der Waals surface area contributed by atoms with Crippen LogP contribution >= 0.6 is 0 Å². The van der Waals surface area contributed by atoms with Gasteiger partial charge in [0.2, 0.25) is 17.7 Å². The highest BCUT2D eigenvalue weighted by Crippen LogP contribution is 2.67. The average Bonchev–Trinajstić information content (AvgIpc) is 4.04. The van der Waals surface area contributed by atoms with Gasteiger partial charge in [-0.3, -0.25) is 19.2 Å². The first-order valence-electron chi connectivity index (χ1n) is 29.3. The molecule has 77 heavy (non-hydrogen) atoms. The van der Waals surface area contributed by atoms with E-state index < -0.39 is 59.6 Å². The van der Waals surface area contributed by atoms with Crippen molar-refractivity contribution in [2.24, 2.45) is 53.4 Å². The number of carbonyl (C=O) groups is 6. The lowest BCUT2D eigenvalue weighted by Gasteiger charge is -2.58. The number of likely N-dealkylation sites (tertiary alicyclic amines) is 1. The van der Waals surface area contributed by atoms with Crippen LogP contribution in [0.1, 0.15) is 181 Å². The van der Waals surface area contributed by atoms with Crippen LogP contribution in [0.5, 0.6) is 5.75 Å². The summed E-state index contributed by atoms with van der Waals surface area (Å²) in [5, 5.41) is 21.4. The van der Waals surface area contributed by atoms with Crippen LogP contribution in [0.2, 0.25) is 0 Å². The Morgan fingerprint density at radius 2 is 1.57 bits per heavy atom. The highest BCUT2D eigenvalue weighted by atomic mass is 16.6. The summed E-state index contributed by atoms with van der Waals surface area (Å²) >= 11 is 0. The van der Waals surface area contributed by atoms with Crippen LogP contribution in [-0.2, 0) is 42.1 Å². The Morgan fingerprint density at radius 3 is 2.29 bits per heavy atom. The van der Waals surface area contributed by atoms with Gasteiger partial charge in [-0.05, 0) is 175 Å². The van der Waals surface area contributed by atoms with E-state index in [1.54, 1.807) is 55.8 Å². The second-order valence-corrected chi connectivity index (χ2v) is 25.7. The summed E-state index contributed by atoms with van der Waals surface area (Å²) in [5.41, 5.74) is 2.26. The van der Waals surface area contributed by atoms with E-state index in [-0.39, 0.29) is 36.0 Å². The van der Waals surface area contributed by atoms with Crippen molar-refractivity contribution >= 4 is 35.7 Å².